The van der Waals surface area contributed by atoms with Gasteiger partial charge in [-0.3, -0.25) is 4.90 Å². The molecule has 1 N–H and O–H groups in total. The Bertz CT molecular complexity index is 377. The molecule has 0 aromatic carbocycles. The first kappa shape index (κ1) is 14.5. The van der Waals surface area contributed by atoms with Gasteiger partial charge in [-0.2, -0.15) is 4.98 Å². The van der Waals surface area contributed by atoms with Gasteiger partial charge in [0.05, 0.1) is 6.04 Å². The van der Waals surface area contributed by atoms with Gasteiger partial charge in [0, 0.05) is 12.5 Å². The van der Waals surface area contributed by atoms with Crippen LogP contribution in [-0.2, 0) is 6.42 Å². The van der Waals surface area contributed by atoms with Crippen molar-refractivity contribution >= 4 is 0 Å². The van der Waals surface area contributed by atoms with Gasteiger partial charge in [0.1, 0.15) is 0 Å². The Balaban J connectivity index is 1.99. The van der Waals surface area contributed by atoms with Crippen molar-refractivity contribution in [1.82, 2.24) is 20.4 Å². The minimum atomic E-state index is 0.343. The van der Waals surface area contributed by atoms with E-state index in [1.165, 1.54) is 12.8 Å². The monoisotopic (exact) mass is 266 g/mol. The Morgan fingerprint density at radius 3 is 3.00 bits per heavy atom. The molecule has 1 atom stereocenters. The summed E-state index contributed by atoms with van der Waals surface area (Å²) in [5.74, 6) is 1.66. The molecule has 0 saturated carbocycles. The minimum absolute atomic E-state index is 0.343. The van der Waals surface area contributed by atoms with Crippen LogP contribution in [0.15, 0.2) is 4.52 Å². The van der Waals surface area contributed by atoms with Crippen LogP contribution in [0.4, 0.5) is 0 Å². The van der Waals surface area contributed by atoms with E-state index in [0.29, 0.717) is 12.1 Å². The zero-order valence-electron chi connectivity index (χ0n) is 12.4. The van der Waals surface area contributed by atoms with E-state index in [1.54, 1.807) is 0 Å². The number of aryl methyl sites for hydroxylation is 1. The zero-order chi connectivity index (χ0) is 13.7. The van der Waals surface area contributed by atoms with Crippen molar-refractivity contribution in [3.05, 3.63) is 11.7 Å². The standard InChI is InChI=1S/C14H26N4O/c1-11(2)18-10-5-4-7-12(18)14-16-13(19-17-14)8-6-9-15-3/h11-12,15H,4-10H2,1-3H3. The quantitative estimate of drug-likeness (QED) is 0.800. The topological polar surface area (TPSA) is 54.2 Å². The lowest BCUT2D eigenvalue weighted by Gasteiger charge is -2.36. The Kier molecular flexibility index (Phi) is 5.34. The Labute approximate surface area is 115 Å². The molecule has 1 saturated heterocycles. The van der Waals surface area contributed by atoms with Gasteiger partial charge >= 0.3 is 0 Å². The van der Waals surface area contributed by atoms with E-state index in [9.17, 15) is 0 Å². The highest BCUT2D eigenvalue weighted by Gasteiger charge is 2.29. The molecule has 1 aliphatic rings. The molecule has 2 heterocycles. The van der Waals surface area contributed by atoms with Crippen LogP contribution < -0.4 is 5.32 Å². The maximum absolute atomic E-state index is 5.38. The van der Waals surface area contributed by atoms with E-state index in [0.717, 1.165) is 44.1 Å². The number of nitrogens with one attached hydrogen (secondary N) is 1. The van der Waals surface area contributed by atoms with Crippen molar-refractivity contribution in [2.45, 2.75) is 58.0 Å². The normalized spacial score (nSPS) is 21.2. The number of rotatable bonds is 6. The van der Waals surface area contributed by atoms with E-state index >= 15 is 0 Å². The van der Waals surface area contributed by atoms with E-state index in [1.807, 2.05) is 7.05 Å². The van der Waals surface area contributed by atoms with Crippen LogP contribution in [0.2, 0.25) is 0 Å². The molecule has 1 fully saturated rings. The maximum atomic E-state index is 5.38. The fourth-order valence-corrected chi connectivity index (χ4v) is 2.77. The molecule has 5 nitrogen and oxygen atoms in total. The van der Waals surface area contributed by atoms with Crippen LogP contribution >= 0.6 is 0 Å². The summed E-state index contributed by atoms with van der Waals surface area (Å²) < 4.78 is 5.38. The lowest BCUT2D eigenvalue weighted by atomic mass is 10.00. The molecule has 0 aliphatic carbocycles. The third-order valence-electron chi connectivity index (χ3n) is 3.81. The highest BCUT2D eigenvalue weighted by molar-refractivity contribution is 4.98. The summed E-state index contributed by atoms with van der Waals surface area (Å²) in [6.07, 6.45) is 5.59. The largest absolute Gasteiger partial charge is 0.339 e. The van der Waals surface area contributed by atoms with Crippen molar-refractivity contribution < 1.29 is 4.52 Å². The van der Waals surface area contributed by atoms with Gasteiger partial charge in [-0.15, -0.1) is 0 Å². The fraction of sp³-hybridized carbons (Fsp3) is 0.857. The predicted octanol–water partition coefficient (Wildman–Crippen LogP) is 2.16. The Morgan fingerprint density at radius 1 is 1.42 bits per heavy atom. The summed E-state index contributed by atoms with van der Waals surface area (Å²) in [5, 5.41) is 7.34. The maximum Gasteiger partial charge on any atom is 0.226 e. The van der Waals surface area contributed by atoms with Gasteiger partial charge < -0.3 is 9.84 Å². The molecule has 0 amide bonds. The van der Waals surface area contributed by atoms with Crippen LogP contribution in [0.25, 0.3) is 0 Å². The lowest BCUT2D eigenvalue weighted by molar-refractivity contribution is 0.104. The molecule has 1 aromatic heterocycles. The SMILES string of the molecule is CNCCCc1nc(C2CCCCN2C(C)C)no1. The third kappa shape index (κ3) is 3.76. The smallest absolute Gasteiger partial charge is 0.226 e. The van der Waals surface area contributed by atoms with Crippen LogP contribution in [0.5, 0.6) is 0 Å². The number of piperidine rings is 1. The van der Waals surface area contributed by atoms with Crippen LogP contribution in [-0.4, -0.2) is 41.2 Å². The van der Waals surface area contributed by atoms with Gasteiger partial charge in [0.25, 0.3) is 0 Å². The number of hydrogen-bond acceptors (Lipinski definition) is 5. The van der Waals surface area contributed by atoms with Crippen molar-refractivity contribution in [3.63, 3.8) is 0 Å². The first-order chi connectivity index (χ1) is 9.22. The van der Waals surface area contributed by atoms with Crippen LogP contribution in [0.3, 0.4) is 0 Å². The van der Waals surface area contributed by atoms with Crippen LogP contribution in [0.1, 0.15) is 57.3 Å². The van der Waals surface area contributed by atoms with Crippen molar-refractivity contribution in [1.29, 1.82) is 0 Å². The van der Waals surface area contributed by atoms with Crippen molar-refractivity contribution in [2.24, 2.45) is 0 Å². The lowest BCUT2D eigenvalue weighted by Crippen LogP contribution is -2.38. The van der Waals surface area contributed by atoms with Gasteiger partial charge in [0.2, 0.25) is 5.89 Å². The van der Waals surface area contributed by atoms with E-state index in [4.69, 9.17) is 4.52 Å². The highest BCUT2D eigenvalue weighted by Crippen LogP contribution is 2.30. The number of hydrogen-bond donors (Lipinski definition) is 1. The molecule has 0 bridgehead atoms. The van der Waals surface area contributed by atoms with Gasteiger partial charge in [-0.05, 0) is 53.2 Å². The molecule has 2 rings (SSSR count). The average molecular weight is 266 g/mol. The summed E-state index contributed by atoms with van der Waals surface area (Å²) in [6.45, 7) is 6.61. The summed E-state index contributed by atoms with van der Waals surface area (Å²) in [5.41, 5.74) is 0. The first-order valence-corrected chi connectivity index (χ1v) is 7.45. The van der Waals surface area contributed by atoms with Crippen LogP contribution in [0, 0.1) is 0 Å². The summed E-state index contributed by atoms with van der Waals surface area (Å²) >= 11 is 0. The molecular formula is C14H26N4O. The average Bonchev–Trinajstić information content (AvgIpc) is 2.88. The summed E-state index contributed by atoms with van der Waals surface area (Å²) in [4.78, 5) is 7.08. The molecule has 5 heteroatoms. The van der Waals surface area contributed by atoms with Gasteiger partial charge in [-0.25, -0.2) is 0 Å². The summed E-state index contributed by atoms with van der Waals surface area (Å²) in [7, 11) is 1.96. The van der Waals surface area contributed by atoms with Crippen molar-refractivity contribution in [3.8, 4) is 0 Å². The number of likely N-dealkylation sites (tertiary alicyclic amines) is 1. The third-order valence-corrected chi connectivity index (χ3v) is 3.81. The van der Waals surface area contributed by atoms with Gasteiger partial charge in [0.15, 0.2) is 5.82 Å². The first-order valence-electron chi connectivity index (χ1n) is 7.45. The summed E-state index contributed by atoms with van der Waals surface area (Å²) in [6, 6.07) is 0.882. The van der Waals surface area contributed by atoms with Gasteiger partial charge in [-0.1, -0.05) is 11.6 Å². The number of nitrogens with zero attached hydrogens (tertiary/aromatic N) is 3. The second kappa shape index (κ2) is 7.01. The fourth-order valence-electron chi connectivity index (χ4n) is 2.77. The highest BCUT2D eigenvalue weighted by atomic mass is 16.5. The molecule has 1 aliphatic heterocycles. The van der Waals surface area contributed by atoms with E-state index in [2.05, 4.69) is 34.2 Å². The van der Waals surface area contributed by atoms with Crippen molar-refractivity contribution in [2.75, 3.05) is 20.1 Å². The molecule has 108 valence electrons. The Hall–Kier alpha value is -0.940. The molecule has 19 heavy (non-hydrogen) atoms. The van der Waals surface area contributed by atoms with E-state index in [-0.39, 0.29) is 0 Å². The van der Waals surface area contributed by atoms with E-state index < -0.39 is 0 Å². The number of aromatic nitrogens is 2. The second-order valence-corrected chi connectivity index (χ2v) is 5.60. The molecule has 1 aromatic rings. The minimum Gasteiger partial charge on any atom is -0.339 e. The predicted molar refractivity (Wildman–Crippen MR) is 75.0 cm³/mol. The molecule has 0 spiro atoms. The zero-order valence-corrected chi connectivity index (χ0v) is 12.4. The molecule has 1 unspecified atom stereocenters. The molecular weight excluding hydrogens is 240 g/mol. The molecule has 0 radical (unpaired) electrons. The Morgan fingerprint density at radius 2 is 2.26 bits per heavy atom. The second-order valence-electron chi connectivity index (χ2n) is 5.60.